The van der Waals surface area contributed by atoms with Gasteiger partial charge in [0, 0.05) is 17.8 Å². The van der Waals surface area contributed by atoms with E-state index in [0.717, 1.165) is 18.6 Å². The molecular weight excluding hydrogens is 388 g/mol. The number of benzene rings is 2. The number of anilines is 1. The smallest absolute Gasteiger partial charge is 0.255 e. The molecule has 0 saturated heterocycles. The molecule has 2 N–H and O–H groups in total. The van der Waals surface area contributed by atoms with Crippen molar-refractivity contribution in [3.63, 3.8) is 0 Å². The van der Waals surface area contributed by atoms with E-state index in [9.17, 15) is 13.2 Å². The molecule has 0 unspecified atom stereocenters. The summed E-state index contributed by atoms with van der Waals surface area (Å²) >= 11 is 0. The van der Waals surface area contributed by atoms with Gasteiger partial charge in [0.25, 0.3) is 5.91 Å². The van der Waals surface area contributed by atoms with Gasteiger partial charge in [-0.3, -0.25) is 4.79 Å². The Balaban J connectivity index is 1.55. The van der Waals surface area contributed by atoms with Crippen LogP contribution >= 0.6 is 0 Å². The number of hydrogen-bond acceptors (Lipinski definition) is 4. The van der Waals surface area contributed by atoms with Gasteiger partial charge in [0.1, 0.15) is 5.75 Å². The zero-order valence-corrected chi connectivity index (χ0v) is 17.1. The van der Waals surface area contributed by atoms with Crippen LogP contribution in [0.2, 0.25) is 0 Å². The molecule has 0 radical (unpaired) electrons. The molecule has 2 aromatic carbocycles. The predicted molar refractivity (Wildman–Crippen MR) is 115 cm³/mol. The van der Waals surface area contributed by atoms with Gasteiger partial charge >= 0.3 is 0 Å². The van der Waals surface area contributed by atoms with E-state index >= 15 is 0 Å². The molecule has 3 rings (SSSR count). The Kier molecular flexibility index (Phi) is 7.06. The molecule has 7 heteroatoms. The summed E-state index contributed by atoms with van der Waals surface area (Å²) in [7, 11) is -3.41. The van der Waals surface area contributed by atoms with Gasteiger partial charge in [-0.1, -0.05) is 18.2 Å². The van der Waals surface area contributed by atoms with Crippen LogP contribution in [0.15, 0.2) is 61.2 Å². The van der Waals surface area contributed by atoms with Crippen molar-refractivity contribution in [1.82, 2.24) is 4.72 Å². The molecule has 0 bridgehead atoms. The second-order valence-corrected chi connectivity index (χ2v) is 8.90. The molecule has 1 aliphatic rings. The van der Waals surface area contributed by atoms with Gasteiger partial charge in [0.15, 0.2) is 0 Å². The molecule has 0 atom stereocenters. The Morgan fingerprint density at radius 2 is 1.72 bits per heavy atom. The van der Waals surface area contributed by atoms with E-state index in [0.29, 0.717) is 16.8 Å². The first kappa shape index (κ1) is 21.1. The summed E-state index contributed by atoms with van der Waals surface area (Å²) in [6, 6.07) is 13.9. The maximum atomic E-state index is 12.4. The summed E-state index contributed by atoms with van der Waals surface area (Å²) in [5, 5.41) is 2.82. The van der Waals surface area contributed by atoms with E-state index in [-0.39, 0.29) is 24.3 Å². The van der Waals surface area contributed by atoms with E-state index in [1.54, 1.807) is 36.4 Å². The first-order chi connectivity index (χ1) is 13.9. The zero-order valence-electron chi connectivity index (χ0n) is 16.3. The van der Waals surface area contributed by atoms with Gasteiger partial charge in [0.05, 0.1) is 11.9 Å². The van der Waals surface area contributed by atoms with Gasteiger partial charge < -0.3 is 10.1 Å². The molecule has 29 heavy (non-hydrogen) atoms. The van der Waals surface area contributed by atoms with Crippen LogP contribution in [0.3, 0.4) is 0 Å². The first-order valence-electron chi connectivity index (χ1n) is 9.70. The molecule has 1 aliphatic carbocycles. The van der Waals surface area contributed by atoms with Crippen LogP contribution in [-0.2, 0) is 15.8 Å². The highest BCUT2D eigenvalue weighted by Crippen LogP contribution is 2.24. The molecule has 0 aromatic heterocycles. The summed E-state index contributed by atoms with van der Waals surface area (Å²) in [4.78, 5) is 12.4. The zero-order chi connectivity index (χ0) is 20.7. The number of rotatable bonds is 9. The van der Waals surface area contributed by atoms with Crippen LogP contribution in [-0.4, -0.2) is 27.0 Å². The number of hydrogen-bond donors (Lipinski definition) is 2. The number of amides is 1. The highest BCUT2D eigenvalue weighted by atomic mass is 32.2. The summed E-state index contributed by atoms with van der Waals surface area (Å²) < 4.78 is 32.1. The van der Waals surface area contributed by atoms with Crippen molar-refractivity contribution >= 4 is 21.6 Å². The van der Waals surface area contributed by atoms with Crippen LogP contribution in [0, 0.1) is 0 Å². The second kappa shape index (κ2) is 9.71. The van der Waals surface area contributed by atoms with Gasteiger partial charge in [-0.25, -0.2) is 13.1 Å². The standard InChI is InChI=1S/C22H26N2O4S/c1-2-15-23-29(26,27)16-17-7-11-19(12-8-17)24-22(25)18-9-13-21(14-10-18)28-20-5-3-4-6-20/h2,7-14,20,23H,1,3-6,15-16H2,(H,24,25). The topological polar surface area (TPSA) is 84.5 Å². The molecule has 154 valence electrons. The van der Waals surface area contributed by atoms with Crippen molar-refractivity contribution in [2.24, 2.45) is 0 Å². The predicted octanol–water partition coefficient (Wildman–Crippen LogP) is 3.87. The third-order valence-electron chi connectivity index (χ3n) is 4.74. The van der Waals surface area contributed by atoms with Gasteiger partial charge in [-0.05, 0) is 67.6 Å². The van der Waals surface area contributed by atoms with Crippen molar-refractivity contribution in [3.8, 4) is 5.75 Å². The number of sulfonamides is 1. The molecule has 1 fully saturated rings. The van der Waals surface area contributed by atoms with Gasteiger partial charge in [-0.2, -0.15) is 0 Å². The van der Waals surface area contributed by atoms with Gasteiger partial charge in [0.2, 0.25) is 10.0 Å². The Labute approximate surface area is 172 Å². The monoisotopic (exact) mass is 414 g/mol. The van der Waals surface area contributed by atoms with Crippen molar-refractivity contribution in [2.75, 3.05) is 11.9 Å². The van der Waals surface area contributed by atoms with Crippen LogP contribution in [0.1, 0.15) is 41.6 Å². The highest BCUT2D eigenvalue weighted by Gasteiger charge is 2.16. The van der Waals surface area contributed by atoms with Crippen LogP contribution < -0.4 is 14.8 Å². The van der Waals surface area contributed by atoms with Crippen LogP contribution in [0.25, 0.3) is 0 Å². The molecular formula is C22H26N2O4S. The lowest BCUT2D eigenvalue weighted by molar-refractivity contribution is 0.102. The summed E-state index contributed by atoms with van der Waals surface area (Å²) in [5.41, 5.74) is 1.76. The maximum Gasteiger partial charge on any atom is 0.255 e. The van der Waals surface area contributed by atoms with Crippen LogP contribution in [0.5, 0.6) is 5.75 Å². The summed E-state index contributed by atoms with van der Waals surface area (Å²) in [6.45, 7) is 3.68. The minimum Gasteiger partial charge on any atom is -0.490 e. The minimum absolute atomic E-state index is 0.127. The van der Waals surface area contributed by atoms with E-state index < -0.39 is 10.0 Å². The fraction of sp³-hybridized carbons (Fsp3) is 0.318. The van der Waals surface area contributed by atoms with Crippen molar-refractivity contribution in [1.29, 1.82) is 0 Å². The minimum atomic E-state index is -3.41. The number of carbonyl (C=O) groups is 1. The van der Waals surface area contributed by atoms with Crippen LogP contribution in [0.4, 0.5) is 5.69 Å². The first-order valence-corrected chi connectivity index (χ1v) is 11.4. The quantitative estimate of drug-likeness (QED) is 0.610. The normalized spacial score (nSPS) is 14.5. The molecule has 6 nitrogen and oxygen atoms in total. The molecule has 0 spiro atoms. The fourth-order valence-electron chi connectivity index (χ4n) is 3.23. The molecule has 0 heterocycles. The maximum absolute atomic E-state index is 12.4. The van der Waals surface area contributed by atoms with Gasteiger partial charge in [-0.15, -0.1) is 6.58 Å². The lowest BCUT2D eigenvalue weighted by Crippen LogP contribution is -2.25. The highest BCUT2D eigenvalue weighted by molar-refractivity contribution is 7.88. The largest absolute Gasteiger partial charge is 0.490 e. The average molecular weight is 415 g/mol. The Morgan fingerprint density at radius 1 is 1.07 bits per heavy atom. The average Bonchev–Trinajstić information content (AvgIpc) is 3.21. The third-order valence-corrected chi connectivity index (χ3v) is 6.06. The molecule has 2 aromatic rings. The lowest BCUT2D eigenvalue weighted by Gasteiger charge is -2.13. The Morgan fingerprint density at radius 3 is 2.34 bits per heavy atom. The second-order valence-electron chi connectivity index (χ2n) is 7.10. The molecule has 1 amide bonds. The lowest BCUT2D eigenvalue weighted by atomic mass is 10.2. The molecule has 1 saturated carbocycles. The number of carbonyl (C=O) groups excluding carboxylic acids is 1. The van der Waals surface area contributed by atoms with E-state index in [1.807, 2.05) is 12.1 Å². The molecule has 0 aliphatic heterocycles. The fourth-order valence-corrected chi connectivity index (χ4v) is 4.33. The SMILES string of the molecule is C=CCNS(=O)(=O)Cc1ccc(NC(=O)c2ccc(OC3CCCC3)cc2)cc1. The summed E-state index contributed by atoms with van der Waals surface area (Å²) in [5.74, 6) is 0.423. The summed E-state index contributed by atoms with van der Waals surface area (Å²) in [6.07, 6.45) is 6.36. The number of nitrogens with one attached hydrogen (secondary N) is 2. The van der Waals surface area contributed by atoms with E-state index in [2.05, 4.69) is 16.6 Å². The Bertz CT molecular complexity index is 932. The van der Waals surface area contributed by atoms with Crippen molar-refractivity contribution in [3.05, 3.63) is 72.3 Å². The number of ether oxygens (including phenoxy) is 1. The van der Waals surface area contributed by atoms with Crippen molar-refractivity contribution in [2.45, 2.75) is 37.5 Å². The Hall–Kier alpha value is -2.64. The third kappa shape index (κ3) is 6.44. The van der Waals surface area contributed by atoms with E-state index in [4.69, 9.17) is 4.74 Å². The van der Waals surface area contributed by atoms with E-state index in [1.165, 1.54) is 18.9 Å². The van der Waals surface area contributed by atoms with Crippen molar-refractivity contribution < 1.29 is 17.9 Å².